The van der Waals surface area contributed by atoms with Crippen LogP contribution in [0.2, 0.25) is 0 Å². The fourth-order valence-corrected chi connectivity index (χ4v) is 1.85. The third-order valence-electron chi connectivity index (χ3n) is 3.03. The van der Waals surface area contributed by atoms with Crippen LogP contribution in [0.3, 0.4) is 0 Å². The quantitative estimate of drug-likeness (QED) is 0.872. The number of aryl methyl sites for hydroxylation is 2. The van der Waals surface area contributed by atoms with Crippen molar-refractivity contribution < 1.29 is 18.7 Å². The van der Waals surface area contributed by atoms with Gasteiger partial charge in [0.05, 0.1) is 6.42 Å². The van der Waals surface area contributed by atoms with Gasteiger partial charge in [-0.1, -0.05) is 13.8 Å². The van der Waals surface area contributed by atoms with Crippen molar-refractivity contribution in [1.29, 1.82) is 0 Å². The molecule has 0 aromatic heterocycles. The Kier molecular flexibility index (Phi) is 4.43. The highest BCUT2D eigenvalue weighted by atomic mass is 19.1. The number of benzene rings is 1. The van der Waals surface area contributed by atoms with Crippen LogP contribution >= 0.6 is 0 Å². The summed E-state index contributed by atoms with van der Waals surface area (Å²) in [5, 5.41) is 8.75. The highest BCUT2D eigenvalue weighted by molar-refractivity contribution is 5.67. The molecule has 0 aliphatic rings. The van der Waals surface area contributed by atoms with E-state index in [1.54, 1.807) is 0 Å². The second-order valence-electron chi connectivity index (χ2n) is 5.43. The van der Waals surface area contributed by atoms with Gasteiger partial charge in [0.2, 0.25) is 0 Å². The number of hydrogen-bond donors (Lipinski definition) is 1. The largest absolute Gasteiger partial charge is 0.481 e. The van der Waals surface area contributed by atoms with Gasteiger partial charge in [-0.2, -0.15) is 0 Å². The van der Waals surface area contributed by atoms with Crippen molar-refractivity contribution in [1.82, 2.24) is 0 Å². The SMILES string of the molecule is Cc1cc(F)c(CCC(C)(C)CC(=O)O)cc1F. The molecule has 0 aliphatic carbocycles. The van der Waals surface area contributed by atoms with Gasteiger partial charge in [-0.25, -0.2) is 8.78 Å². The van der Waals surface area contributed by atoms with E-state index in [1.165, 1.54) is 19.1 Å². The predicted octanol–water partition coefficient (Wildman–Crippen LogP) is 3.71. The molecular formula is C14H18F2O2. The molecule has 4 heteroatoms. The van der Waals surface area contributed by atoms with Crippen molar-refractivity contribution in [3.63, 3.8) is 0 Å². The van der Waals surface area contributed by atoms with Crippen LogP contribution in [0, 0.1) is 24.0 Å². The lowest BCUT2D eigenvalue weighted by atomic mass is 9.83. The Labute approximate surface area is 106 Å². The summed E-state index contributed by atoms with van der Waals surface area (Å²) in [5.74, 6) is -1.74. The van der Waals surface area contributed by atoms with Crippen LogP contribution in [0.4, 0.5) is 8.78 Å². The van der Waals surface area contributed by atoms with E-state index in [1.807, 2.05) is 13.8 Å². The topological polar surface area (TPSA) is 37.3 Å². The van der Waals surface area contributed by atoms with E-state index in [0.717, 1.165) is 0 Å². The van der Waals surface area contributed by atoms with Crippen molar-refractivity contribution >= 4 is 5.97 Å². The van der Waals surface area contributed by atoms with Gasteiger partial charge >= 0.3 is 5.97 Å². The summed E-state index contributed by atoms with van der Waals surface area (Å²) in [6, 6.07) is 2.37. The molecule has 1 N–H and O–H groups in total. The highest BCUT2D eigenvalue weighted by Crippen LogP contribution is 2.28. The molecular weight excluding hydrogens is 238 g/mol. The van der Waals surface area contributed by atoms with E-state index in [-0.39, 0.29) is 12.0 Å². The maximum Gasteiger partial charge on any atom is 0.303 e. The zero-order valence-corrected chi connectivity index (χ0v) is 10.9. The van der Waals surface area contributed by atoms with Crippen LogP contribution in [0.25, 0.3) is 0 Å². The van der Waals surface area contributed by atoms with Crippen LogP contribution in [-0.2, 0) is 11.2 Å². The number of rotatable bonds is 5. The van der Waals surface area contributed by atoms with Gasteiger partial charge in [0.1, 0.15) is 11.6 Å². The van der Waals surface area contributed by atoms with E-state index >= 15 is 0 Å². The van der Waals surface area contributed by atoms with Crippen LogP contribution in [0.15, 0.2) is 12.1 Å². The molecule has 0 radical (unpaired) electrons. The van der Waals surface area contributed by atoms with Gasteiger partial charge in [-0.15, -0.1) is 0 Å². The number of carboxylic acids is 1. The predicted molar refractivity (Wildman–Crippen MR) is 65.4 cm³/mol. The lowest BCUT2D eigenvalue weighted by Gasteiger charge is -2.22. The highest BCUT2D eigenvalue weighted by Gasteiger charge is 2.22. The summed E-state index contributed by atoms with van der Waals surface area (Å²) in [5.41, 5.74) is 0.150. The second kappa shape index (κ2) is 5.46. The van der Waals surface area contributed by atoms with E-state index in [9.17, 15) is 13.6 Å². The summed E-state index contributed by atoms with van der Waals surface area (Å²) in [4.78, 5) is 10.7. The van der Waals surface area contributed by atoms with Crippen LogP contribution in [0.5, 0.6) is 0 Å². The van der Waals surface area contributed by atoms with Gasteiger partial charge in [0, 0.05) is 0 Å². The molecule has 18 heavy (non-hydrogen) atoms. The van der Waals surface area contributed by atoms with E-state index in [0.29, 0.717) is 18.4 Å². The number of carboxylic acid groups (broad SMARTS) is 1. The first kappa shape index (κ1) is 14.6. The minimum Gasteiger partial charge on any atom is -0.481 e. The molecule has 0 unspecified atom stereocenters. The third kappa shape index (κ3) is 4.09. The molecule has 0 fully saturated rings. The Morgan fingerprint density at radius 3 is 2.44 bits per heavy atom. The lowest BCUT2D eigenvalue weighted by Crippen LogP contribution is -2.18. The van der Waals surface area contributed by atoms with Gasteiger partial charge in [-0.3, -0.25) is 4.79 Å². The molecule has 1 rings (SSSR count). The summed E-state index contributed by atoms with van der Waals surface area (Å²) < 4.78 is 26.9. The van der Waals surface area contributed by atoms with Gasteiger partial charge in [-0.05, 0) is 48.4 Å². The first-order chi connectivity index (χ1) is 8.21. The van der Waals surface area contributed by atoms with Crippen molar-refractivity contribution in [3.8, 4) is 0 Å². The number of carbonyl (C=O) groups is 1. The van der Waals surface area contributed by atoms with Gasteiger partial charge in [0.15, 0.2) is 0 Å². The molecule has 1 aromatic rings. The third-order valence-corrected chi connectivity index (χ3v) is 3.03. The van der Waals surface area contributed by atoms with Crippen molar-refractivity contribution in [3.05, 3.63) is 34.9 Å². The molecule has 0 atom stereocenters. The average Bonchev–Trinajstić information content (AvgIpc) is 2.19. The average molecular weight is 256 g/mol. The summed E-state index contributed by atoms with van der Waals surface area (Å²) in [7, 11) is 0. The molecule has 0 aliphatic heterocycles. The number of hydrogen-bond acceptors (Lipinski definition) is 1. The molecule has 0 amide bonds. The first-order valence-electron chi connectivity index (χ1n) is 5.87. The van der Waals surface area contributed by atoms with E-state index < -0.39 is 23.0 Å². The van der Waals surface area contributed by atoms with Crippen molar-refractivity contribution in [2.75, 3.05) is 0 Å². The molecule has 0 spiro atoms. The first-order valence-corrected chi connectivity index (χ1v) is 5.87. The zero-order chi connectivity index (χ0) is 13.9. The Hall–Kier alpha value is -1.45. The Balaban J connectivity index is 2.74. The summed E-state index contributed by atoms with van der Waals surface area (Å²) in [6.07, 6.45) is 0.852. The Morgan fingerprint density at radius 2 is 1.89 bits per heavy atom. The molecule has 1 aromatic carbocycles. The second-order valence-corrected chi connectivity index (χ2v) is 5.43. The van der Waals surface area contributed by atoms with Gasteiger partial charge in [0.25, 0.3) is 0 Å². The minimum atomic E-state index is -0.879. The monoisotopic (exact) mass is 256 g/mol. The van der Waals surface area contributed by atoms with Gasteiger partial charge < -0.3 is 5.11 Å². The minimum absolute atomic E-state index is 0.0168. The van der Waals surface area contributed by atoms with Crippen molar-refractivity contribution in [2.24, 2.45) is 5.41 Å². The van der Waals surface area contributed by atoms with Crippen molar-refractivity contribution in [2.45, 2.75) is 40.0 Å². The molecule has 2 nitrogen and oxygen atoms in total. The smallest absolute Gasteiger partial charge is 0.303 e. The molecule has 0 saturated heterocycles. The Bertz CT molecular complexity index is 453. The standard InChI is InChI=1S/C14H18F2O2/c1-9-6-12(16)10(7-11(9)15)4-5-14(2,3)8-13(17)18/h6-7H,4-5,8H2,1-3H3,(H,17,18). The normalized spacial score (nSPS) is 11.6. The number of aliphatic carboxylic acids is 1. The molecule has 100 valence electrons. The maximum absolute atomic E-state index is 13.6. The Morgan fingerprint density at radius 1 is 1.28 bits per heavy atom. The summed E-state index contributed by atoms with van der Waals surface area (Å²) in [6.45, 7) is 5.13. The van der Waals surface area contributed by atoms with Crippen LogP contribution in [-0.4, -0.2) is 11.1 Å². The summed E-state index contributed by atoms with van der Waals surface area (Å²) >= 11 is 0. The van der Waals surface area contributed by atoms with E-state index in [2.05, 4.69) is 0 Å². The molecule has 0 heterocycles. The zero-order valence-electron chi connectivity index (χ0n) is 10.9. The lowest BCUT2D eigenvalue weighted by molar-refractivity contribution is -0.139. The number of halogens is 2. The fourth-order valence-electron chi connectivity index (χ4n) is 1.85. The fraction of sp³-hybridized carbons (Fsp3) is 0.500. The van der Waals surface area contributed by atoms with Crippen LogP contribution in [0.1, 0.15) is 37.8 Å². The maximum atomic E-state index is 13.6. The van der Waals surface area contributed by atoms with Crippen LogP contribution < -0.4 is 0 Å². The molecule has 0 saturated carbocycles. The van der Waals surface area contributed by atoms with E-state index in [4.69, 9.17) is 5.11 Å². The molecule has 0 bridgehead atoms.